The van der Waals surface area contributed by atoms with Crippen molar-refractivity contribution in [3.05, 3.63) is 54.2 Å². The van der Waals surface area contributed by atoms with Gasteiger partial charge in [-0.3, -0.25) is 4.40 Å². The average molecular weight is 331 g/mol. The van der Waals surface area contributed by atoms with E-state index in [0.717, 1.165) is 28.9 Å². The lowest BCUT2D eigenvalue weighted by atomic mass is 10.1. The van der Waals surface area contributed by atoms with E-state index in [1.54, 1.807) is 0 Å². The minimum absolute atomic E-state index is 0.00649. The molecule has 3 nitrogen and oxygen atoms in total. The standard InChI is InChI=1S/C14H7F6N3/c15-13(16,17)10-3-1-8(2-4-10)9-5-21-11-6-22-12(14(18,19)20)23(11)7-9/h1-7H. The molecule has 9 heteroatoms. The summed E-state index contributed by atoms with van der Waals surface area (Å²) in [5.74, 6) is -1.14. The van der Waals surface area contributed by atoms with E-state index in [9.17, 15) is 26.3 Å². The maximum absolute atomic E-state index is 12.8. The molecule has 0 aliphatic rings. The highest BCUT2D eigenvalue weighted by molar-refractivity contribution is 5.63. The molecule has 2 heterocycles. The van der Waals surface area contributed by atoms with E-state index in [2.05, 4.69) is 9.97 Å². The highest BCUT2D eigenvalue weighted by atomic mass is 19.4. The number of nitrogens with zero attached hydrogens (tertiary/aromatic N) is 3. The molecule has 120 valence electrons. The van der Waals surface area contributed by atoms with Crippen molar-refractivity contribution in [2.75, 3.05) is 0 Å². The molecule has 0 unspecified atom stereocenters. The number of alkyl halides is 6. The molecule has 1 aromatic carbocycles. The third-order valence-corrected chi connectivity index (χ3v) is 3.18. The van der Waals surface area contributed by atoms with Gasteiger partial charge in [0.1, 0.15) is 0 Å². The number of fused-ring (bicyclic) bond motifs is 1. The molecule has 3 aromatic rings. The summed E-state index contributed by atoms with van der Waals surface area (Å²) in [7, 11) is 0. The van der Waals surface area contributed by atoms with Crippen LogP contribution in [-0.4, -0.2) is 14.4 Å². The zero-order valence-electron chi connectivity index (χ0n) is 11.2. The number of benzene rings is 1. The third kappa shape index (κ3) is 2.86. The topological polar surface area (TPSA) is 30.2 Å². The summed E-state index contributed by atoms with van der Waals surface area (Å²) < 4.78 is 76.8. The summed E-state index contributed by atoms with van der Waals surface area (Å²) in [6.45, 7) is 0. The van der Waals surface area contributed by atoms with Crippen molar-refractivity contribution in [2.24, 2.45) is 0 Å². The van der Waals surface area contributed by atoms with E-state index in [4.69, 9.17) is 0 Å². The fourth-order valence-corrected chi connectivity index (χ4v) is 2.09. The normalized spacial score (nSPS) is 12.8. The molecular weight excluding hydrogens is 324 g/mol. The molecule has 3 rings (SSSR count). The van der Waals surface area contributed by atoms with Gasteiger partial charge in [-0.2, -0.15) is 26.3 Å². The zero-order valence-corrected chi connectivity index (χ0v) is 11.2. The minimum atomic E-state index is -4.66. The van der Waals surface area contributed by atoms with Crippen LogP contribution < -0.4 is 0 Å². The van der Waals surface area contributed by atoms with E-state index in [1.807, 2.05) is 0 Å². The van der Waals surface area contributed by atoms with E-state index < -0.39 is 23.7 Å². The molecular formula is C14H7F6N3. The second-order valence-electron chi connectivity index (χ2n) is 4.73. The van der Waals surface area contributed by atoms with Gasteiger partial charge in [0, 0.05) is 18.0 Å². The zero-order chi connectivity index (χ0) is 16.8. The van der Waals surface area contributed by atoms with E-state index >= 15 is 0 Å². The lowest BCUT2D eigenvalue weighted by Gasteiger charge is -2.09. The number of halogens is 6. The molecule has 0 spiro atoms. The number of aromatic nitrogens is 3. The second-order valence-corrected chi connectivity index (χ2v) is 4.73. The van der Waals surface area contributed by atoms with Crippen molar-refractivity contribution in [3.8, 4) is 11.1 Å². The molecule has 23 heavy (non-hydrogen) atoms. The molecule has 2 aromatic heterocycles. The van der Waals surface area contributed by atoms with Gasteiger partial charge >= 0.3 is 12.4 Å². The Morgan fingerprint density at radius 2 is 1.39 bits per heavy atom. The largest absolute Gasteiger partial charge is 0.450 e. The minimum Gasteiger partial charge on any atom is -0.280 e. The second kappa shape index (κ2) is 4.97. The van der Waals surface area contributed by atoms with E-state index in [-0.39, 0.29) is 11.2 Å². The van der Waals surface area contributed by atoms with Crippen molar-refractivity contribution in [3.63, 3.8) is 0 Å². The lowest BCUT2D eigenvalue weighted by Crippen LogP contribution is -2.11. The van der Waals surface area contributed by atoms with Crippen molar-refractivity contribution in [1.82, 2.24) is 14.4 Å². The van der Waals surface area contributed by atoms with Crippen LogP contribution in [0.15, 0.2) is 42.9 Å². The Bertz CT molecular complexity index is 846. The Labute approximate surface area is 125 Å². The van der Waals surface area contributed by atoms with Crippen LogP contribution in [0.25, 0.3) is 16.8 Å². The first kappa shape index (κ1) is 15.3. The van der Waals surface area contributed by atoms with Gasteiger partial charge in [-0.25, -0.2) is 9.97 Å². The van der Waals surface area contributed by atoms with Gasteiger partial charge in [-0.05, 0) is 17.7 Å². The van der Waals surface area contributed by atoms with Gasteiger partial charge in [0.05, 0.1) is 11.8 Å². The molecule has 0 atom stereocenters. The van der Waals surface area contributed by atoms with Crippen LogP contribution in [0, 0.1) is 0 Å². The van der Waals surface area contributed by atoms with Gasteiger partial charge in [0.25, 0.3) is 0 Å². The molecule has 0 radical (unpaired) electrons. The van der Waals surface area contributed by atoms with Crippen LogP contribution in [0.3, 0.4) is 0 Å². The fourth-order valence-electron chi connectivity index (χ4n) is 2.09. The van der Waals surface area contributed by atoms with Gasteiger partial charge in [-0.15, -0.1) is 0 Å². The lowest BCUT2D eigenvalue weighted by molar-refractivity contribution is -0.145. The molecule has 0 N–H and O–H groups in total. The number of imidazole rings is 1. The quantitative estimate of drug-likeness (QED) is 0.617. The predicted molar refractivity (Wildman–Crippen MR) is 68.4 cm³/mol. The molecule has 0 bridgehead atoms. The maximum atomic E-state index is 12.8. The van der Waals surface area contributed by atoms with Crippen molar-refractivity contribution in [1.29, 1.82) is 0 Å². The number of hydrogen-bond acceptors (Lipinski definition) is 2. The van der Waals surface area contributed by atoms with Crippen molar-refractivity contribution < 1.29 is 26.3 Å². The third-order valence-electron chi connectivity index (χ3n) is 3.18. The molecule has 0 aliphatic carbocycles. The predicted octanol–water partition coefficient (Wildman–Crippen LogP) is 4.43. The summed E-state index contributed by atoms with van der Waals surface area (Å²) in [6.07, 6.45) is -5.75. The monoisotopic (exact) mass is 331 g/mol. The number of hydrogen-bond donors (Lipinski definition) is 0. The number of rotatable bonds is 1. The fraction of sp³-hybridized carbons (Fsp3) is 0.143. The van der Waals surface area contributed by atoms with E-state index in [1.165, 1.54) is 18.3 Å². The molecule has 0 amide bonds. The average Bonchev–Trinajstić information content (AvgIpc) is 2.89. The van der Waals surface area contributed by atoms with Crippen molar-refractivity contribution >= 4 is 5.65 Å². The van der Waals surface area contributed by atoms with Crippen LogP contribution in [0.2, 0.25) is 0 Å². The molecule has 0 saturated carbocycles. The summed E-state index contributed by atoms with van der Waals surface area (Å²) in [4.78, 5) is 7.12. The van der Waals surface area contributed by atoms with Crippen LogP contribution in [-0.2, 0) is 12.4 Å². The molecule has 0 aliphatic heterocycles. The van der Waals surface area contributed by atoms with Crippen LogP contribution >= 0.6 is 0 Å². The van der Waals surface area contributed by atoms with E-state index in [0.29, 0.717) is 5.56 Å². The smallest absolute Gasteiger partial charge is 0.280 e. The molecule has 0 fully saturated rings. The summed E-state index contributed by atoms with van der Waals surface area (Å²) in [5, 5.41) is 0. The summed E-state index contributed by atoms with van der Waals surface area (Å²) >= 11 is 0. The summed E-state index contributed by atoms with van der Waals surface area (Å²) in [6, 6.07) is 4.07. The van der Waals surface area contributed by atoms with Crippen LogP contribution in [0.4, 0.5) is 26.3 Å². The first-order valence-corrected chi connectivity index (χ1v) is 6.24. The van der Waals surface area contributed by atoms with Crippen LogP contribution in [0.5, 0.6) is 0 Å². The first-order valence-electron chi connectivity index (χ1n) is 6.24. The highest BCUT2D eigenvalue weighted by Gasteiger charge is 2.36. The first-order chi connectivity index (χ1) is 10.7. The Morgan fingerprint density at radius 1 is 0.739 bits per heavy atom. The van der Waals surface area contributed by atoms with Gasteiger partial charge in [0.2, 0.25) is 5.82 Å². The Hall–Kier alpha value is -2.58. The van der Waals surface area contributed by atoms with Gasteiger partial charge < -0.3 is 0 Å². The van der Waals surface area contributed by atoms with Gasteiger partial charge in [-0.1, -0.05) is 12.1 Å². The Balaban J connectivity index is 2.07. The summed E-state index contributed by atoms with van der Waals surface area (Å²) in [5.41, 5.74) is -0.286. The SMILES string of the molecule is FC(F)(F)c1ccc(-c2cnc3cnc(C(F)(F)F)n3c2)cc1. The Kier molecular flexibility index (Phi) is 3.31. The van der Waals surface area contributed by atoms with Crippen LogP contribution in [0.1, 0.15) is 11.4 Å². The maximum Gasteiger partial charge on any atom is 0.450 e. The Morgan fingerprint density at radius 3 is 1.96 bits per heavy atom. The molecule has 0 saturated heterocycles. The highest BCUT2D eigenvalue weighted by Crippen LogP contribution is 2.32. The van der Waals surface area contributed by atoms with Gasteiger partial charge in [0.15, 0.2) is 5.65 Å². The van der Waals surface area contributed by atoms with Crippen molar-refractivity contribution in [2.45, 2.75) is 12.4 Å².